The molecular formula is C14H14FN3S. The lowest BCUT2D eigenvalue weighted by atomic mass is 10.1. The highest BCUT2D eigenvalue weighted by Gasteiger charge is 2.11. The number of aryl methyl sites for hydroxylation is 1. The first kappa shape index (κ1) is 13.6. The molecule has 2 rings (SSSR count). The van der Waals surface area contributed by atoms with E-state index in [0.717, 1.165) is 23.4 Å². The first-order valence-corrected chi connectivity index (χ1v) is 7.28. The summed E-state index contributed by atoms with van der Waals surface area (Å²) in [6.45, 7) is 2.54. The van der Waals surface area contributed by atoms with Gasteiger partial charge in [-0.3, -0.25) is 4.98 Å². The van der Waals surface area contributed by atoms with Crippen molar-refractivity contribution >= 4 is 28.4 Å². The van der Waals surface area contributed by atoms with E-state index in [9.17, 15) is 4.39 Å². The normalized spacial score (nSPS) is 10.4. The van der Waals surface area contributed by atoms with Gasteiger partial charge in [-0.15, -0.1) is 0 Å². The van der Waals surface area contributed by atoms with Crippen molar-refractivity contribution in [1.29, 1.82) is 5.26 Å². The lowest BCUT2D eigenvalue weighted by Crippen LogP contribution is -2.07. The number of aromatic nitrogens is 1. The summed E-state index contributed by atoms with van der Waals surface area (Å²) in [6, 6.07) is 4.98. The van der Waals surface area contributed by atoms with Crippen molar-refractivity contribution in [1.82, 2.24) is 4.98 Å². The first-order chi connectivity index (χ1) is 9.17. The Bertz CT molecular complexity index is 649. The van der Waals surface area contributed by atoms with Gasteiger partial charge in [0.1, 0.15) is 11.9 Å². The Morgan fingerprint density at radius 3 is 2.95 bits per heavy atom. The Morgan fingerprint density at radius 1 is 1.47 bits per heavy atom. The minimum atomic E-state index is -0.310. The predicted octanol–water partition coefficient (Wildman–Crippen LogP) is 3.33. The summed E-state index contributed by atoms with van der Waals surface area (Å²) in [5.41, 5.74) is 2.61. The Balaban J connectivity index is 2.59. The number of thioether (sulfide) groups is 1. The molecule has 0 bridgehead atoms. The average Bonchev–Trinajstić information content (AvgIpc) is 2.39. The fourth-order valence-electron chi connectivity index (χ4n) is 1.99. The molecule has 98 valence electrons. The van der Waals surface area contributed by atoms with Gasteiger partial charge in [0, 0.05) is 23.9 Å². The summed E-state index contributed by atoms with van der Waals surface area (Å²) in [5, 5.41) is 13.0. The van der Waals surface area contributed by atoms with E-state index in [4.69, 9.17) is 5.26 Å². The van der Waals surface area contributed by atoms with E-state index in [1.54, 1.807) is 11.8 Å². The van der Waals surface area contributed by atoms with Crippen LogP contribution in [0.1, 0.15) is 11.1 Å². The Labute approximate surface area is 115 Å². The van der Waals surface area contributed by atoms with E-state index in [2.05, 4.69) is 16.4 Å². The largest absolute Gasteiger partial charge is 0.383 e. The van der Waals surface area contributed by atoms with E-state index in [0.29, 0.717) is 16.6 Å². The second kappa shape index (κ2) is 5.89. The quantitative estimate of drug-likeness (QED) is 0.869. The number of fused-ring (bicyclic) bond motifs is 1. The van der Waals surface area contributed by atoms with Crippen LogP contribution in [-0.2, 0) is 0 Å². The molecule has 3 nitrogen and oxygen atoms in total. The SMILES string of the molecule is CSCCNc1c(C#N)cnc2c(C)cc(F)cc12. The van der Waals surface area contributed by atoms with Gasteiger partial charge >= 0.3 is 0 Å². The molecule has 1 heterocycles. The van der Waals surface area contributed by atoms with Gasteiger partial charge in [-0.05, 0) is 30.9 Å². The van der Waals surface area contributed by atoms with E-state index < -0.39 is 0 Å². The molecule has 19 heavy (non-hydrogen) atoms. The van der Waals surface area contributed by atoms with E-state index >= 15 is 0 Å². The minimum Gasteiger partial charge on any atom is -0.383 e. The summed E-state index contributed by atoms with van der Waals surface area (Å²) < 4.78 is 13.6. The van der Waals surface area contributed by atoms with Crippen LogP contribution in [-0.4, -0.2) is 23.5 Å². The Kier molecular flexibility index (Phi) is 4.23. The zero-order valence-electron chi connectivity index (χ0n) is 10.8. The number of halogens is 1. The highest BCUT2D eigenvalue weighted by molar-refractivity contribution is 7.98. The van der Waals surface area contributed by atoms with Crippen molar-refractivity contribution in [3.8, 4) is 6.07 Å². The van der Waals surface area contributed by atoms with Crippen molar-refractivity contribution in [2.45, 2.75) is 6.92 Å². The van der Waals surface area contributed by atoms with Gasteiger partial charge in [-0.1, -0.05) is 0 Å². The minimum absolute atomic E-state index is 0.310. The molecule has 0 atom stereocenters. The van der Waals surface area contributed by atoms with Crippen molar-refractivity contribution in [2.24, 2.45) is 0 Å². The predicted molar refractivity (Wildman–Crippen MR) is 78.0 cm³/mol. The molecule has 0 aliphatic carbocycles. The van der Waals surface area contributed by atoms with Crippen molar-refractivity contribution in [3.63, 3.8) is 0 Å². The second-order valence-electron chi connectivity index (χ2n) is 4.20. The Morgan fingerprint density at radius 2 is 2.26 bits per heavy atom. The monoisotopic (exact) mass is 275 g/mol. The zero-order chi connectivity index (χ0) is 13.8. The van der Waals surface area contributed by atoms with E-state index in [1.807, 2.05) is 13.2 Å². The number of pyridine rings is 1. The van der Waals surface area contributed by atoms with Crippen LogP contribution >= 0.6 is 11.8 Å². The molecule has 1 aromatic heterocycles. The lowest BCUT2D eigenvalue weighted by Gasteiger charge is -2.12. The molecule has 1 aromatic carbocycles. The maximum atomic E-state index is 13.6. The van der Waals surface area contributed by atoms with Crippen LogP contribution in [0.25, 0.3) is 10.9 Å². The number of anilines is 1. The molecule has 0 radical (unpaired) electrons. The third kappa shape index (κ3) is 2.79. The number of hydrogen-bond donors (Lipinski definition) is 1. The van der Waals surface area contributed by atoms with Crippen LogP contribution in [0.4, 0.5) is 10.1 Å². The molecule has 0 saturated carbocycles. The molecular weight excluding hydrogens is 261 g/mol. The van der Waals surface area contributed by atoms with Crippen LogP contribution in [0, 0.1) is 24.1 Å². The number of rotatable bonds is 4. The van der Waals surface area contributed by atoms with Gasteiger partial charge in [-0.25, -0.2) is 4.39 Å². The molecule has 0 saturated heterocycles. The van der Waals surface area contributed by atoms with Gasteiger partial charge in [0.25, 0.3) is 0 Å². The van der Waals surface area contributed by atoms with Gasteiger partial charge in [0.15, 0.2) is 0 Å². The maximum absolute atomic E-state index is 13.6. The van der Waals surface area contributed by atoms with Gasteiger partial charge in [0.05, 0.1) is 16.8 Å². The summed E-state index contributed by atoms with van der Waals surface area (Å²) >= 11 is 1.71. The topological polar surface area (TPSA) is 48.7 Å². The molecule has 0 fully saturated rings. The highest BCUT2D eigenvalue weighted by atomic mass is 32.2. The molecule has 0 unspecified atom stereocenters. The van der Waals surface area contributed by atoms with Gasteiger partial charge in [-0.2, -0.15) is 17.0 Å². The van der Waals surface area contributed by atoms with Crippen LogP contribution in [0.15, 0.2) is 18.3 Å². The van der Waals surface area contributed by atoms with Crippen molar-refractivity contribution in [3.05, 3.63) is 35.3 Å². The summed E-state index contributed by atoms with van der Waals surface area (Å²) in [5.74, 6) is 0.609. The van der Waals surface area contributed by atoms with Gasteiger partial charge in [0.2, 0.25) is 0 Å². The van der Waals surface area contributed by atoms with Crippen molar-refractivity contribution in [2.75, 3.05) is 23.9 Å². The molecule has 5 heteroatoms. The number of hydrogen-bond acceptors (Lipinski definition) is 4. The molecule has 0 aliphatic rings. The van der Waals surface area contributed by atoms with Crippen molar-refractivity contribution < 1.29 is 4.39 Å². The summed E-state index contributed by atoms with van der Waals surface area (Å²) in [4.78, 5) is 4.25. The van der Waals surface area contributed by atoms with E-state index in [1.165, 1.54) is 18.3 Å². The number of nitrogens with zero attached hydrogens (tertiary/aromatic N) is 2. The van der Waals surface area contributed by atoms with Gasteiger partial charge < -0.3 is 5.32 Å². The molecule has 0 spiro atoms. The average molecular weight is 275 g/mol. The van der Waals surface area contributed by atoms with Crippen LogP contribution in [0.3, 0.4) is 0 Å². The zero-order valence-corrected chi connectivity index (χ0v) is 11.6. The summed E-state index contributed by atoms with van der Waals surface area (Å²) in [6.07, 6.45) is 3.55. The van der Waals surface area contributed by atoms with Crippen LogP contribution in [0.2, 0.25) is 0 Å². The third-order valence-corrected chi connectivity index (χ3v) is 3.47. The lowest BCUT2D eigenvalue weighted by molar-refractivity contribution is 0.628. The Hall–Kier alpha value is -1.80. The molecule has 0 amide bonds. The van der Waals surface area contributed by atoms with E-state index in [-0.39, 0.29) is 5.82 Å². The molecule has 2 aromatic rings. The molecule has 1 N–H and O–H groups in total. The smallest absolute Gasteiger partial charge is 0.124 e. The van der Waals surface area contributed by atoms with Crippen LogP contribution in [0.5, 0.6) is 0 Å². The standard InChI is InChI=1S/C14H14FN3S/c1-9-5-11(15)6-12-13(9)18-8-10(7-16)14(12)17-3-4-19-2/h5-6,8H,3-4H2,1-2H3,(H,17,18). The first-order valence-electron chi connectivity index (χ1n) is 5.89. The number of benzene rings is 1. The fraction of sp³-hybridized carbons (Fsp3) is 0.286. The third-order valence-electron chi connectivity index (χ3n) is 2.86. The fourth-order valence-corrected chi connectivity index (χ4v) is 2.30. The maximum Gasteiger partial charge on any atom is 0.124 e. The number of nitriles is 1. The summed E-state index contributed by atoms with van der Waals surface area (Å²) in [7, 11) is 0. The molecule has 0 aliphatic heterocycles. The highest BCUT2D eigenvalue weighted by Crippen LogP contribution is 2.28. The number of nitrogens with one attached hydrogen (secondary N) is 1. The second-order valence-corrected chi connectivity index (χ2v) is 5.18. The van der Waals surface area contributed by atoms with Crippen LogP contribution < -0.4 is 5.32 Å².